The lowest BCUT2D eigenvalue weighted by Gasteiger charge is -2.13. The molecular formula is C12H15ClN2O4S. The Balaban J connectivity index is 2.07. The van der Waals surface area contributed by atoms with Crippen molar-refractivity contribution in [2.24, 2.45) is 5.92 Å². The maximum Gasteiger partial charge on any atom is 0.273 e. The molecule has 110 valence electrons. The fourth-order valence-electron chi connectivity index (χ4n) is 2.29. The summed E-state index contributed by atoms with van der Waals surface area (Å²) in [6.45, 7) is 2.13. The van der Waals surface area contributed by atoms with Crippen LogP contribution in [0.5, 0.6) is 0 Å². The monoisotopic (exact) mass is 318 g/mol. The van der Waals surface area contributed by atoms with Crippen LogP contribution in [0.3, 0.4) is 0 Å². The maximum absolute atomic E-state index is 11.4. The van der Waals surface area contributed by atoms with Crippen LogP contribution in [0.1, 0.15) is 12.0 Å². The molecule has 1 atom stereocenters. The van der Waals surface area contributed by atoms with Crippen LogP contribution in [0.25, 0.3) is 0 Å². The molecule has 1 aromatic carbocycles. The van der Waals surface area contributed by atoms with E-state index in [9.17, 15) is 18.5 Å². The highest BCUT2D eigenvalue weighted by Gasteiger charge is 2.27. The molecule has 1 saturated heterocycles. The number of anilines is 1. The summed E-state index contributed by atoms with van der Waals surface area (Å²) in [6, 6.07) is 2.93. The molecule has 1 heterocycles. The summed E-state index contributed by atoms with van der Waals surface area (Å²) in [4.78, 5) is 10.3. The molecule has 1 aromatic rings. The number of nitro groups is 1. The van der Waals surface area contributed by atoms with Gasteiger partial charge in [0, 0.05) is 18.2 Å². The SMILES string of the molecule is Cc1cc(NC[C@H]2CCS(=O)(=O)C2)c(Cl)cc1[N+](=O)[O-]. The third-order valence-corrected chi connectivity index (χ3v) is 5.54. The third-order valence-electron chi connectivity index (χ3n) is 3.39. The van der Waals surface area contributed by atoms with Crippen molar-refractivity contribution in [3.8, 4) is 0 Å². The number of hydrogen-bond acceptors (Lipinski definition) is 5. The molecule has 0 radical (unpaired) electrons. The molecule has 0 spiro atoms. The highest BCUT2D eigenvalue weighted by atomic mass is 35.5. The zero-order chi connectivity index (χ0) is 14.9. The number of halogens is 1. The van der Waals surface area contributed by atoms with Crippen molar-refractivity contribution in [1.82, 2.24) is 0 Å². The van der Waals surface area contributed by atoms with E-state index in [4.69, 9.17) is 11.6 Å². The Kier molecular flexibility index (Phi) is 4.19. The maximum atomic E-state index is 11.4. The largest absolute Gasteiger partial charge is 0.384 e. The number of hydrogen-bond donors (Lipinski definition) is 1. The van der Waals surface area contributed by atoms with E-state index in [0.717, 1.165) is 0 Å². The van der Waals surface area contributed by atoms with E-state index in [2.05, 4.69) is 5.32 Å². The number of nitrogens with one attached hydrogen (secondary N) is 1. The minimum atomic E-state index is -2.90. The average molecular weight is 319 g/mol. The van der Waals surface area contributed by atoms with Crippen LogP contribution in [-0.2, 0) is 9.84 Å². The van der Waals surface area contributed by atoms with Gasteiger partial charge in [-0.05, 0) is 25.3 Å². The molecule has 1 N–H and O–H groups in total. The van der Waals surface area contributed by atoms with Crippen LogP contribution in [-0.4, -0.2) is 31.4 Å². The molecule has 0 saturated carbocycles. The van der Waals surface area contributed by atoms with Gasteiger partial charge in [-0.15, -0.1) is 0 Å². The van der Waals surface area contributed by atoms with E-state index in [1.54, 1.807) is 13.0 Å². The third kappa shape index (κ3) is 3.40. The topological polar surface area (TPSA) is 89.3 Å². The Hall–Kier alpha value is -1.34. The van der Waals surface area contributed by atoms with Gasteiger partial charge in [-0.25, -0.2) is 8.42 Å². The van der Waals surface area contributed by atoms with E-state index in [1.807, 2.05) is 0 Å². The van der Waals surface area contributed by atoms with Crippen molar-refractivity contribution in [2.45, 2.75) is 13.3 Å². The van der Waals surface area contributed by atoms with E-state index < -0.39 is 14.8 Å². The number of nitro benzene ring substituents is 1. The minimum Gasteiger partial charge on any atom is -0.384 e. The number of sulfone groups is 1. The lowest BCUT2D eigenvalue weighted by molar-refractivity contribution is -0.385. The van der Waals surface area contributed by atoms with Crippen LogP contribution < -0.4 is 5.32 Å². The molecular weight excluding hydrogens is 304 g/mol. The highest BCUT2D eigenvalue weighted by Crippen LogP contribution is 2.31. The predicted molar refractivity (Wildman–Crippen MR) is 78.1 cm³/mol. The molecule has 1 aliphatic heterocycles. The van der Waals surface area contributed by atoms with E-state index in [1.165, 1.54) is 6.07 Å². The molecule has 2 rings (SSSR count). The molecule has 6 nitrogen and oxygen atoms in total. The normalized spacial score (nSPS) is 20.8. The highest BCUT2D eigenvalue weighted by molar-refractivity contribution is 7.91. The predicted octanol–water partition coefficient (Wildman–Crippen LogP) is 2.40. The Bertz CT molecular complexity index is 645. The second kappa shape index (κ2) is 5.57. The van der Waals surface area contributed by atoms with Crippen LogP contribution in [0.4, 0.5) is 11.4 Å². The van der Waals surface area contributed by atoms with Crippen LogP contribution in [0, 0.1) is 23.0 Å². The van der Waals surface area contributed by atoms with Crippen LogP contribution >= 0.6 is 11.6 Å². The first-order valence-corrected chi connectivity index (χ1v) is 8.37. The fraction of sp³-hybridized carbons (Fsp3) is 0.500. The zero-order valence-corrected chi connectivity index (χ0v) is 12.5. The smallest absolute Gasteiger partial charge is 0.273 e. The summed E-state index contributed by atoms with van der Waals surface area (Å²) in [7, 11) is -2.90. The average Bonchev–Trinajstić information content (AvgIpc) is 2.69. The summed E-state index contributed by atoms with van der Waals surface area (Å²) < 4.78 is 22.7. The molecule has 1 aliphatic rings. The van der Waals surface area contributed by atoms with Gasteiger partial charge in [-0.2, -0.15) is 0 Å². The van der Waals surface area contributed by atoms with Crippen molar-refractivity contribution >= 4 is 32.8 Å². The van der Waals surface area contributed by atoms with Crippen molar-refractivity contribution in [3.63, 3.8) is 0 Å². The lowest BCUT2D eigenvalue weighted by atomic mass is 10.1. The summed E-state index contributed by atoms with van der Waals surface area (Å²) in [6.07, 6.45) is 0.638. The van der Waals surface area contributed by atoms with E-state index >= 15 is 0 Å². The van der Waals surface area contributed by atoms with Gasteiger partial charge in [0.1, 0.15) is 0 Å². The molecule has 0 unspecified atom stereocenters. The summed E-state index contributed by atoms with van der Waals surface area (Å²) in [5.41, 5.74) is 1.09. The van der Waals surface area contributed by atoms with Crippen molar-refractivity contribution in [1.29, 1.82) is 0 Å². The summed E-state index contributed by atoms with van der Waals surface area (Å²) in [5.74, 6) is 0.474. The first-order valence-electron chi connectivity index (χ1n) is 6.17. The number of aryl methyl sites for hydroxylation is 1. The number of nitrogens with zero attached hydrogens (tertiary/aromatic N) is 1. The molecule has 0 aromatic heterocycles. The van der Waals surface area contributed by atoms with E-state index in [0.29, 0.717) is 24.2 Å². The quantitative estimate of drug-likeness (QED) is 0.680. The van der Waals surface area contributed by atoms with Gasteiger partial charge in [-0.3, -0.25) is 10.1 Å². The molecule has 1 fully saturated rings. The fourth-order valence-corrected chi connectivity index (χ4v) is 4.38. The Labute approximate surface area is 122 Å². The Morgan fingerprint density at radius 1 is 1.50 bits per heavy atom. The second-order valence-electron chi connectivity index (χ2n) is 5.03. The van der Waals surface area contributed by atoms with Crippen molar-refractivity contribution < 1.29 is 13.3 Å². The summed E-state index contributed by atoms with van der Waals surface area (Å²) in [5, 5.41) is 14.1. The Morgan fingerprint density at radius 2 is 2.20 bits per heavy atom. The Morgan fingerprint density at radius 3 is 2.75 bits per heavy atom. The van der Waals surface area contributed by atoms with Gasteiger partial charge < -0.3 is 5.32 Å². The molecule has 0 amide bonds. The number of rotatable bonds is 4. The second-order valence-corrected chi connectivity index (χ2v) is 7.66. The van der Waals surface area contributed by atoms with Crippen LogP contribution in [0.15, 0.2) is 12.1 Å². The first kappa shape index (κ1) is 15.1. The van der Waals surface area contributed by atoms with Gasteiger partial charge >= 0.3 is 0 Å². The van der Waals surface area contributed by atoms with Gasteiger partial charge in [0.15, 0.2) is 9.84 Å². The van der Waals surface area contributed by atoms with Gasteiger partial charge in [-0.1, -0.05) is 11.6 Å². The van der Waals surface area contributed by atoms with Crippen molar-refractivity contribution in [3.05, 3.63) is 32.8 Å². The van der Waals surface area contributed by atoms with E-state index in [-0.39, 0.29) is 28.1 Å². The lowest BCUT2D eigenvalue weighted by Crippen LogP contribution is -2.16. The van der Waals surface area contributed by atoms with Gasteiger partial charge in [0.2, 0.25) is 0 Å². The number of benzene rings is 1. The zero-order valence-electron chi connectivity index (χ0n) is 10.9. The molecule has 0 aliphatic carbocycles. The van der Waals surface area contributed by atoms with Crippen LogP contribution in [0.2, 0.25) is 5.02 Å². The molecule has 20 heavy (non-hydrogen) atoms. The van der Waals surface area contributed by atoms with Gasteiger partial charge in [0.25, 0.3) is 5.69 Å². The minimum absolute atomic E-state index is 0.0241. The first-order chi connectivity index (χ1) is 9.28. The molecule has 0 bridgehead atoms. The standard InChI is InChI=1S/C12H15ClN2O4S/c1-8-4-11(10(13)5-12(8)15(16)17)14-6-9-2-3-20(18,19)7-9/h4-5,9,14H,2-3,6-7H2,1H3/t9-/m1/s1. The molecule has 8 heteroatoms. The van der Waals surface area contributed by atoms with Crippen molar-refractivity contribution in [2.75, 3.05) is 23.4 Å². The van der Waals surface area contributed by atoms with Gasteiger partial charge in [0.05, 0.1) is 27.1 Å². The summed E-state index contributed by atoms with van der Waals surface area (Å²) >= 11 is 6.00.